The van der Waals surface area contributed by atoms with E-state index in [9.17, 15) is 12.8 Å². The Balaban J connectivity index is 2.20. The van der Waals surface area contributed by atoms with Crippen molar-refractivity contribution in [1.29, 1.82) is 5.26 Å². The van der Waals surface area contributed by atoms with E-state index in [-0.39, 0.29) is 5.56 Å². The molecular formula is C13H16FN3O2S. The van der Waals surface area contributed by atoms with E-state index in [2.05, 4.69) is 4.72 Å². The Labute approximate surface area is 118 Å². The number of sulfonamides is 1. The highest BCUT2D eigenvalue weighted by molar-refractivity contribution is 7.90. The van der Waals surface area contributed by atoms with Gasteiger partial charge in [0.2, 0.25) is 10.0 Å². The van der Waals surface area contributed by atoms with Crippen LogP contribution in [0, 0.1) is 17.1 Å². The average Bonchev–Trinajstić information content (AvgIpc) is 2.88. The van der Waals surface area contributed by atoms with Gasteiger partial charge in [0.15, 0.2) is 0 Å². The zero-order valence-corrected chi connectivity index (χ0v) is 12.0. The van der Waals surface area contributed by atoms with Crippen LogP contribution in [0.25, 0.3) is 0 Å². The lowest BCUT2D eigenvalue weighted by Gasteiger charge is -2.20. The Hall–Kier alpha value is -1.65. The van der Waals surface area contributed by atoms with Crippen molar-refractivity contribution in [3.05, 3.63) is 29.6 Å². The quantitative estimate of drug-likeness (QED) is 0.907. The van der Waals surface area contributed by atoms with E-state index in [0.717, 1.165) is 0 Å². The third-order valence-corrected chi connectivity index (χ3v) is 5.30. The summed E-state index contributed by atoms with van der Waals surface area (Å²) < 4.78 is 39.5. The minimum Gasteiger partial charge on any atom is -0.369 e. The molecule has 1 N–H and O–H groups in total. The average molecular weight is 297 g/mol. The first-order chi connectivity index (χ1) is 9.47. The van der Waals surface area contributed by atoms with Crippen LogP contribution in [0.1, 0.15) is 18.9 Å². The summed E-state index contributed by atoms with van der Waals surface area (Å²) in [5, 5.41) is 8.54. The maximum Gasteiger partial charge on any atom is 0.216 e. The van der Waals surface area contributed by atoms with Gasteiger partial charge < -0.3 is 4.90 Å². The standard InChI is InChI=1S/C13H16FN3O2S/c1-2-16-20(18,19)12-5-6-17(9-12)13-4-3-11(14)7-10(13)8-15/h3-4,7,12,16H,2,5-6,9H2,1H3. The van der Waals surface area contributed by atoms with Gasteiger partial charge in [-0.15, -0.1) is 0 Å². The molecule has 1 aliphatic rings. The molecule has 0 bridgehead atoms. The van der Waals surface area contributed by atoms with Crippen molar-refractivity contribution >= 4 is 15.7 Å². The minimum atomic E-state index is -3.33. The first-order valence-electron chi connectivity index (χ1n) is 6.41. The molecule has 1 heterocycles. The lowest BCUT2D eigenvalue weighted by atomic mass is 10.2. The van der Waals surface area contributed by atoms with E-state index in [1.807, 2.05) is 11.0 Å². The molecule has 1 saturated heterocycles. The van der Waals surface area contributed by atoms with Gasteiger partial charge in [0.25, 0.3) is 0 Å². The van der Waals surface area contributed by atoms with Gasteiger partial charge in [-0.05, 0) is 24.6 Å². The third kappa shape index (κ3) is 2.92. The lowest BCUT2D eigenvalue weighted by molar-refractivity contribution is 0.570. The van der Waals surface area contributed by atoms with E-state index in [1.54, 1.807) is 6.92 Å². The highest BCUT2D eigenvalue weighted by Gasteiger charge is 2.33. The first kappa shape index (κ1) is 14.8. The SMILES string of the molecule is CCNS(=O)(=O)C1CCN(c2ccc(F)cc2C#N)C1. The molecule has 0 aliphatic carbocycles. The van der Waals surface area contributed by atoms with E-state index < -0.39 is 21.1 Å². The number of hydrogen-bond donors (Lipinski definition) is 1. The van der Waals surface area contributed by atoms with Crippen LogP contribution < -0.4 is 9.62 Å². The highest BCUT2D eigenvalue weighted by Crippen LogP contribution is 2.27. The first-order valence-corrected chi connectivity index (χ1v) is 7.95. The second kappa shape index (κ2) is 5.77. The predicted octanol–water partition coefficient (Wildman–Crippen LogP) is 1.22. The molecule has 1 unspecified atom stereocenters. The van der Waals surface area contributed by atoms with Crippen LogP contribution >= 0.6 is 0 Å². The maximum absolute atomic E-state index is 13.1. The van der Waals surface area contributed by atoms with Crippen LogP contribution in [0.5, 0.6) is 0 Å². The van der Waals surface area contributed by atoms with Gasteiger partial charge in [0.1, 0.15) is 11.9 Å². The van der Waals surface area contributed by atoms with Gasteiger partial charge >= 0.3 is 0 Å². The zero-order valence-electron chi connectivity index (χ0n) is 11.1. The Morgan fingerprint density at radius 2 is 2.30 bits per heavy atom. The van der Waals surface area contributed by atoms with Crippen LogP contribution in [0.2, 0.25) is 0 Å². The molecule has 1 atom stereocenters. The Kier molecular flexibility index (Phi) is 4.26. The summed E-state index contributed by atoms with van der Waals surface area (Å²) in [5.41, 5.74) is 0.814. The van der Waals surface area contributed by atoms with Crippen LogP contribution in [0.4, 0.5) is 10.1 Å². The second-order valence-electron chi connectivity index (χ2n) is 4.67. The summed E-state index contributed by atoms with van der Waals surface area (Å²) in [6.45, 7) is 2.95. The topological polar surface area (TPSA) is 73.2 Å². The molecule has 5 nitrogen and oxygen atoms in total. The monoisotopic (exact) mass is 297 g/mol. The molecule has 0 aromatic heterocycles. The number of benzene rings is 1. The van der Waals surface area contributed by atoms with Crippen molar-refractivity contribution in [3.8, 4) is 6.07 Å². The summed E-state index contributed by atoms with van der Waals surface area (Å²) in [7, 11) is -3.33. The number of hydrogen-bond acceptors (Lipinski definition) is 4. The number of nitrogens with zero attached hydrogens (tertiary/aromatic N) is 2. The van der Waals surface area contributed by atoms with Crippen LogP contribution in [-0.2, 0) is 10.0 Å². The number of anilines is 1. The molecule has 1 fully saturated rings. The molecule has 0 amide bonds. The van der Waals surface area contributed by atoms with Gasteiger partial charge in [-0.25, -0.2) is 17.5 Å². The van der Waals surface area contributed by atoms with Crippen molar-refractivity contribution in [1.82, 2.24) is 4.72 Å². The fraction of sp³-hybridized carbons (Fsp3) is 0.462. The van der Waals surface area contributed by atoms with Crippen molar-refractivity contribution in [2.24, 2.45) is 0 Å². The second-order valence-corrected chi connectivity index (χ2v) is 6.72. The van der Waals surface area contributed by atoms with Gasteiger partial charge in [0, 0.05) is 19.6 Å². The predicted molar refractivity (Wildman–Crippen MR) is 74.3 cm³/mol. The fourth-order valence-corrected chi connectivity index (χ4v) is 3.82. The van der Waals surface area contributed by atoms with Gasteiger partial charge in [0.05, 0.1) is 16.5 Å². The summed E-state index contributed by atoms with van der Waals surface area (Å²) in [5.74, 6) is -0.471. The number of rotatable bonds is 4. The molecule has 1 aromatic carbocycles. The van der Waals surface area contributed by atoms with E-state index in [1.165, 1.54) is 18.2 Å². The van der Waals surface area contributed by atoms with Crippen molar-refractivity contribution in [3.63, 3.8) is 0 Å². The molecule has 108 valence electrons. The Morgan fingerprint density at radius 1 is 1.55 bits per heavy atom. The fourth-order valence-electron chi connectivity index (χ4n) is 2.39. The van der Waals surface area contributed by atoms with E-state index in [0.29, 0.717) is 31.7 Å². The molecule has 1 aliphatic heterocycles. The smallest absolute Gasteiger partial charge is 0.216 e. The summed E-state index contributed by atoms with van der Waals surface area (Å²) in [6.07, 6.45) is 0.498. The molecule has 0 saturated carbocycles. The van der Waals surface area contributed by atoms with Crippen LogP contribution in [0.3, 0.4) is 0 Å². The summed E-state index contributed by atoms with van der Waals surface area (Å²) in [4.78, 5) is 1.82. The number of nitrogens with one attached hydrogen (secondary N) is 1. The van der Waals surface area contributed by atoms with Crippen molar-refractivity contribution < 1.29 is 12.8 Å². The Bertz CT molecular complexity index is 640. The van der Waals surface area contributed by atoms with Gasteiger partial charge in [-0.3, -0.25) is 0 Å². The van der Waals surface area contributed by atoms with Crippen molar-refractivity contribution in [2.75, 3.05) is 24.5 Å². The number of nitriles is 1. The molecule has 0 spiro atoms. The minimum absolute atomic E-state index is 0.228. The largest absolute Gasteiger partial charge is 0.369 e. The highest BCUT2D eigenvalue weighted by atomic mass is 32.2. The van der Waals surface area contributed by atoms with E-state index >= 15 is 0 Å². The van der Waals surface area contributed by atoms with Gasteiger partial charge in [-0.1, -0.05) is 6.92 Å². The van der Waals surface area contributed by atoms with Gasteiger partial charge in [-0.2, -0.15) is 5.26 Å². The molecule has 2 rings (SSSR count). The maximum atomic E-state index is 13.1. The van der Waals surface area contributed by atoms with Crippen LogP contribution in [0.15, 0.2) is 18.2 Å². The summed E-state index contributed by atoms with van der Waals surface area (Å²) in [6, 6.07) is 5.92. The normalized spacial score (nSPS) is 19.1. The van der Waals surface area contributed by atoms with E-state index in [4.69, 9.17) is 5.26 Å². The van der Waals surface area contributed by atoms with Crippen LogP contribution in [-0.4, -0.2) is 33.3 Å². The van der Waals surface area contributed by atoms with Crippen molar-refractivity contribution in [2.45, 2.75) is 18.6 Å². The summed E-state index contributed by atoms with van der Waals surface area (Å²) >= 11 is 0. The Morgan fingerprint density at radius 3 is 2.95 bits per heavy atom. The molecular weight excluding hydrogens is 281 g/mol. The molecule has 7 heteroatoms. The molecule has 0 radical (unpaired) electrons. The lowest BCUT2D eigenvalue weighted by Crippen LogP contribution is -2.36. The number of halogens is 1. The zero-order chi connectivity index (χ0) is 14.8. The molecule has 20 heavy (non-hydrogen) atoms. The third-order valence-electron chi connectivity index (χ3n) is 3.35. The molecule has 1 aromatic rings.